The second-order valence-electron chi connectivity index (χ2n) is 4.17. The van der Waals surface area contributed by atoms with Crippen molar-refractivity contribution in [2.45, 2.75) is 41.8 Å². The van der Waals surface area contributed by atoms with Gasteiger partial charge in [-0.25, -0.2) is 0 Å². The second kappa shape index (κ2) is 5.27. The van der Waals surface area contributed by atoms with Crippen LogP contribution in [0.3, 0.4) is 0 Å². The highest BCUT2D eigenvalue weighted by Gasteiger charge is 2.28. The quantitative estimate of drug-likeness (QED) is 0.884. The van der Waals surface area contributed by atoms with Crippen LogP contribution in [0.4, 0.5) is 0 Å². The van der Waals surface area contributed by atoms with Crippen LogP contribution in [0.2, 0.25) is 0 Å². The molecule has 0 radical (unpaired) electrons. The van der Waals surface area contributed by atoms with Crippen molar-refractivity contribution in [1.82, 2.24) is 15.5 Å². The highest BCUT2D eigenvalue weighted by atomic mass is 32.2. The fourth-order valence-corrected chi connectivity index (χ4v) is 4.35. The Hall–Kier alpha value is -0.130. The summed E-state index contributed by atoms with van der Waals surface area (Å²) in [5.74, 6) is 0.847. The lowest BCUT2D eigenvalue weighted by atomic mass is 9.87. The van der Waals surface area contributed by atoms with E-state index >= 15 is 0 Å². The topological polar surface area (TPSA) is 37.8 Å². The Morgan fingerprint density at radius 2 is 2.40 bits per heavy atom. The molecule has 1 aliphatic carbocycles. The average molecular weight is 243 g/mol. The second-order valence-corrected chi connectivity index (χ2v) is 6.49. The highest BCUT2D eigenvalue weighted by Crippen LogP contribution is 2.36. The molecular weight excluding hydrogens is 226 g/mol. The van der Waals surface area contributed by atoms with Crippen molar-refractivity contribution in [3.63, 3.8) is 0 Å². The Morgan fingerprint density at radius 3 is 3.07 bits per heavy atom. The summed E-state index contributed by atoms with van der Waals surface area (Å²) in [7, 11) is 2.06. The van der Waals surface area contributed by atoms with Gasteiger partial charge in [0.15, 0.2) is 4.34 Å². The van der Waals surface area contributed by atoms with Crippen LogP contribution in [0.25, 0.3) is 0 Å². The number of nitrogens with one attached hydrogen (secondary N) is 1. The predicted molar refractivity (Wildman–Crippen MR) is 65.4 cm³/mol. The maximum atomic E-state index is 4.11. The molecule has 1 N–H and O–H groups in total. The van der Waals surface area contributed by atoms with E-state index in [0.29, 0.717) is 11.3 Å². The van der Waals surface area contributed by atoms with Crippen LogP contribution < -0.4 is 5.32 Å². The van der Waals surface area contributed by atoms with E-state index < -0.39 is 0 Å². The van der Waals surface area contributed by atoms with Crippen LogP contribution in [0, 0.1) is 5.92 Å². The monoisotopic (exact) mass is 243 g/mol. The number of rotatable bonds is 3. The van der Waals surface area contributed by atoms with Crippen molar-refractivity contribution in [2.24, 2.45) is 5.92 Å². The summed E-state index contributed by atoms with van der Waals surface area (Å²) in [4.78, 5) is 0. The molecule has 1 saturated carbocycles. The van der Waals surface area contributed by atoms with E-state index in [2.05, 4.69) is 29.5 Å². The van der Waals surface area contributed by atoms with Crippen molar-refractivity contribution in [2.75, 3.05) is 7.05 Å². The first-order chi connectivity index (χ1) is 7.29. The summed E-state index contributed by atoms with van der Waals surface area (Å²) in [6.07, 6.45) is 3.92. The molecule has 0 amide bonds. The van der Waals surface area contributed by atoms with Crippen molar-refractivity contribution < 1.29 is 0 Å². The Bertz CT molecular complexity index is 289. The van der Waals surface area contributed by atoms with Crippen LogP contribution in [0.5, 0.6) is 0 Å². The average Bonchev–Trinajstić information content (AvgIpc) is 2.71. The molecule has 0 saturated heterocycles. The standard InChI is InChI=1S/C10H17N3S2/c1-7-3-4-8(11-2)9(5-7)15-10-13-12-6-14-10/h6-9,11H,3-5H2,1-2H3. The first kappa shape index (κ1) is 11.4. The van der Waals surface area contributed by atoms with Crippen LogP contribution >= 0.6 is 23.1 Å². The molecule has 1 fully saturated rings. The molecule has 3 atom stereocenters. The first-order valence-electron chi connectivity index (χ1n) is 5.39. The Balaban J connectivity index is 1.98. The van der Waals surface area contributed by atoms with Gasteiger partial charge in [-0.15, -0.1) is 10.2 Å². The molecule has 1 aromatic rings. The summed E-state index contributed by atoms with van der Waals surface area (Å²) < 4.78 is 1.11. The zero-order valence-electron chi connectivity index (χ0n) is 9.14. The number of aromatic nitrogens is 2. The van der Waals surface area contributed by atoms with Crippen LogP contribution in [-0.4, -0.2) is 28.5 Å². The minimum absolute atomic E-state index is 0.634. The van der Waals surface area contributed by atoms with E-state index in [0.717, 1.165) is 10.3 Å². The lowest BCUT2D eigenvalue weighted by Gasteiger charge is -2.33. The molecule has 0 aliphatic heterocycles. The molecule has 0 spiro atoms. The third kappa shape index (κ3) is 2.92. The van der Waals surface area contributed by atoms with Gasteiger partial charge in [0, 0.05) is 11.3 Å². The third-order valence-electron chi connectivity index (χ3n) is 3.02. The van der Waals surface area contributed by atoms with Crippen molar-refractivity contribution in [1.29, 1.82) is 0 Å². The maximum Gasteiger partial charge on any atom is 0.174 e. The van der Waals surface area contributed by atoms with Gasteiger partial charge in [0.05, 0.1) is 0 Å². The van der Waals surface area contributed by atoms with Gasteiger partial charge in [0.2, 0.25) is 0 Å². The Labute approximate surface area is 99.1 Å². The van der Waals surface area contributed by atoms with Gasteiger partial charge < -0.3 is 5.32 Å². The summed E-state index contributed by atoms with van der Waals surface area (Å²) >= 11 is 3.53. The summed E-state index contributed by atoms with van der Waals surface area (Å²) in [6.45, 7) is 2.35. The van der Waals surface area contributed by atoms with Crippen LogP contribution in [-0.2, 0) is 0 Å². The number of hydrogen-bond donors (Lipinski definition) is 1. The minimum atomic E-state index is 0.634. The fraction of sp³-hybridized carbons (Fsp3) is 0.800. The summed E-state index contributed by atoms with van der Waals surface area (Å²) in [5.41, 5.74) is 1.81. The van der Waals surface area contributed by atoms with E-state index in [9.17, 15) is 0 Å². The van der Waals surface area contributed by atoms with Crippen LogP contribution in [0.15, 0.2) is 9.85 Å². The summed E-state index contributed by atoms with van der Waals surface area (Å²) in [5, 5.41) is 12.1. The lowest BCUT2D eigenvalue weighted by molar-refractivity contribution is 0.329. The minimum Gasteiger partial charge on any atom is -0.316 e. The normalized spacial score (nSPS) is 31.7. The molecule has 3 nitrogen and oxygen atoms in total. The van der Waals surface area contributed by atoms with E-state index in [1.807, 2.05) is 17.3 Å². The first-order valence-corrected chi connectivity index (χ1v) is 7.15. The van der Waals surface area contributed by atoms with E-state index in [4.69, 9.17) is 0 Å². The number of hydrogen-bond acceptors (Lipinski definition) is 5. The molecule has 0 bridgehead atoms. The molecule has 15 heavy (non-hydrogen) atoms. The number of thioether (sulfide) groups is 1. The smallest absolute Gasteiger partial charge is 0.174 e. The fourth-order valence-electron chi connectivity index (χ4n) is 2.13. The van der Waals surface area contributed by atoms with Crippen molar-refractivity contribution >= 4 is 23.1 Å². The molecule has 2 rings (SSSR count). The molecule has 1 aromatic heterocycles. The van der Waals surface area contributed by atoms with E-state index in [1.54, 1.807) is 11.3 Å². The maximum absolute atomic E-state index is 4.11. The molecule has 1 aliphatic rings. The predicted octanol–water partition coefficient (Wildman–Crippen LogP) is 2.41. The zero-order valence-corrected chi connectivity index (χ0v) is 10.8. The van der Waals surface area contributed by atoms with Gasteiger partial charge in [-0.1, -0.05) is 30.0 Å². The molecule has 1 heterocycles. The van der Waals surface area contributed by atoms with Crippen molar-refractivity contribution in [3.8, 4) is 0 Å². The van der Waals surface area contributed by atoms with Gasteiger partial charge in [-0.3, -0.25) is 0 Å². The molecule has 84 valence electrons. The molecule has 3 unspecified atom stereocenters. The van der Waals surface area contributed by atoms with Gasteiger partial charge in [-0.2, -0.15) is 0 Å². The molecular formula is C10H17N3S2. The number of nitrogens with zero attached hydrogens (tertiary/aromatic N) is 2. The van der Waals surface area contributed by atoms with Gasteiger partial charge >= 0.3 is 0 Å². The third-order valence-corrected chi connectivity index (χ3v) is 5.18. The van der Waals surface area contributed by atoms with E-state index in [-0.39, 0.29) is 0 Å². The highest BCUT2D eigenvalue weighted by molar-refractivity contribution is 8.01. The molecule has 5 heteroatoms. The Morgan fingerprint density at radius 1 is 1.53 bits per heavy atom. The van der Waals surface area contributed by atoms with E-state index in [1.165, 1.54) is 19.3 Å². The summed E-state index contributed by atoms with van der Waals surface area (Å²) in [6, 6.07) is 0.634. The molecule has 0 aromatic carbocycles. The van der Waals surface area contributed by atoms with Gasteiger partial charge in [0.25, 0.3) is 0 Å². The SMILES string of the molecule is CNC1CCC(C)CC1Sc1nncs1. The lowest BCUT2D eigenvalue weighted by Crippen LogP contribution is -2.40. The van der Waals surface area contributed by atoms with Gasteiger partial charge in [-0.05, 0) is 32.2 Å². The van der Waals surface area contributed by atoms with Crippen molar-refractivity contribution in [3.05, 3.63) is 5.51 Å². The Kier molecular flexibility index (Phi) is 3.99. The zero-order chi connectivity index (χ0) is 10.7. The van der Waals surface area contributed by atoms with Crippen LogP contribution in [0.1, 0.15) is 26.2 Å². The van der Waals surface area contributed by atoms with Gasteiger partial charge in [0.1, 0.15) is 5.51 Å². The largest absolute Gasteiger partial charge is 0.316 e.